The molecule has 8 nitrogen and oxygen atoms in total. The molecule has 0 saturated carbocycles. The van der Waals surface area contributed by atoms with Crippen LogP contribution < -0.4 is 0 Å². The van der Waals surface area contributed by atoms with E-state index in [1.807, 2.05) is 38.1 Å². The van der Waals surface area contributed by atoms with Crippen LogP contribution >= 0.6 is 0 Å². The Morgan fingerprint density at radius 3 is 1.90 bits per heavy atom. The molecule has 0 amide bonds. The highest BCUT2D eigenvalue weighted by atomic mass is 32.2. The summed E-state index contributed by atoms with van der Waals surface area (Å²) >= 11 is 0. The third-order valence-electron chi connectivity index (χ3n) is 3.92. The second-order valence-corrected chi connectivity index (χ2v) is 11.5. The third kappa shape index (κ3) is 10.7. The number of nitriles is 2. The molecule has 2 aromatic heterocycles. The first-order chi connectivity index (χ1) is 13.5. The molecule has 0 bridgehead atoms. The van der Waals surface area contributed by atoms with Crippen LogP contribution in [-0.2, 0) is 25.2 Å². The van der Waals surface area contributed by atoms with Gasteiger partial charge in [-0.2, -0.15) is 10.5 Å². The Morgan fingerprint density at radius 2 is 1.48 bits per heavy atom. The average Bonchev–Trinajstić information content (AvgIpc) is 2.64. The van der Waals surface area contributed by atoms with E-state index in [1.165, 1.54) is 12.5 Å². The van der Waals surface area contributed by atoms with Gasteiger partial charge in [0.05, 0.1) is 30.5 Å². The van der Waals surface area contributed by atoms with Crippen LogP contribution in [-0.4, -0.2) is 30.9 Å². The van der Waals surface area contributed by atoms with Crippen LogP contribution in [0, 0.1) is 36.8 Å². The van der Waals surface area contributed by atoms with Crippen LogP contribution in [0.4, 0.5) is 0 Å². The topological polar surface area (TPSA) is 132 Å². The molecule has 10 heteroatoms. The summed E-state index contributed by atoms with van der Waals surface area (Å²) in [6.07, 6.45) is 9.46. The molecule has 0 spiro atoms. The van der Waals surface area contributed by atoms with Crippen molar-refractivity contribution in [2.45, 2.75) is 46.6 Å². The first-order valence-corrected chi connectivity index (χ1v) is 12.6. The van der Waals surface area contributed by atoms with Crippen molar-refractivity contribution in [3.8, 4) is 12.4 Å². The Kier molecular flexibility index (Phi) is 13.2. The van der Waals surface area contributed by atoms with Crippen LogP contribution in [0.5, 0.6) is 0 Å². The van der Waals surface area contributed by atoms with Crippen LogP contribution in [0.25, 0.3) is 0 Å². The van der Waals surface area contributed by atoms with E-state index in [4.69, 9.17) is 10.5 Å². The first kappa shape index (κ1) is 30.4. The zero-order chi connectivity index (χ0) is 22.1. The molecule has 0 aliphatic heterocycles. The van der Waals surface area contributed by atoms with Gasteiger partial charge in [0.25, 0.3) is 0 Å². The Balaban J connectivity index is -0.000000481. The summed E-state index contributed by atoms with van der Waals surface area (Å²) < 4.78 is 30.4. The number of pyridine rings is 2. The molecular weight excluding hydrogens is 432 g/mol. The van der Waals surface area contributed by atoms with Gasteiger partial charge in [0.15, 0.2) is 0 Å². The standard InChI is InChI=1S/C10H13N3OS.C9H11N3OS.2CH4.H2/c1-8-4-5-10(6-12-8)9(2)15(3,14)13-7-11;1-8-3-4-9(5-11-8)6-14(2,13)12-7-10;;;/h4-6,9H,1-3H3;3-5H,6H2,1-2H3;2*1H4;1H/i;;;;1+1. The molecular formula is C21H34N6O2S2. The van der Waals surface area contributed by atoms with E-state index in [-0.39, 0.29) is 27.3 Å². The molecule has 31 heavy (non-hydrogen) atoms. The Bertz CT molecular complexity index is 1150. The van der Waals surface area contributed by atoms with E-state index in [9.17, 15) is 8.42 Å². The second kappa shape index (κ2) is 13.5. The fourth-order valence-corrected chi connectivity index (χ4v) is 4.14. The van der Waals surface area contributed by atoms with E-state index < -0.39 is 19.5 Å². The molecule has 2 aromatic rings. The fraction of sp³-hybridized carbons (Fsp3) is 0.429. The van der Waals surface area contributed by atoms with Gasteiger partial charge in [-0.15, -0.1) is 8.73 Å². The average molecular weight is 468 g/mol. The lowest BCUT2D eigenvalue weighted by Gasteiger charge is -2.12. The zero-order valence-corrected chi connectivity index (χ0v) is 18.7. The molecule has 0 aliphatic carbocycles. The van der Waals surface area contributed by atoms with Crippen LogP contribution in [0.2, 0.25) is 0 Å². The van der Waals surface area contributed by atoms with Crippen molar-refractivity contribution in [3.05, 3.63) is 59.2 Å². The largest absolute Gasteiger partial charge is 0.261 e. The highest BCUT2D eigenvalue weighted by Gasteiger charge is 2.16. The van der Waals surface area contributed by atoms with Gasteiger partial charge >= 0.3 is 0 Å². The van der Waals surface area contributed by atoms with Crippen molar-refractivity contribution in [1.29, 1.82) is 10.5 Å². The van der Waals surface area contributed by atoms with Gasteiger partial charge in [-0.3, -0.25) is 9.97 Å². The third-order valence-corrected chi connectivity index (χ3v) is 7.29. The number of hydrogen-bond donors (Lipinski definition) is 0. The summed E-state index contributed by atoms with van der Waals surface area (Å²) in [6, 6.07) is 7.41. The Hall–Kier alpha value is -2.82. The summed E-state index contributed by atoms with van der Waals surface area (Å²) in [5.41, 5.74) is 3.49. The highest BCUT2D eigenvalue weighted by Crippen LogP contribution is 2.21. The van der Waals surface area contributed by atoms with Gasteiger partial charge in [0.1, 0.15) is 0 Å². The van der Waals surface area contributed by atoms with E-state index in [1.54, 1.807) is 31.7 Å². The van der Waals surface area contributed by atoms with E-state index in [0.29, 0.717) is 0 Å². The molecule has 172 valence electrons. The Morgan fingerprint density at radius 1 is 0.968 bits per heavy atom. The molecule has 2 rings (SSSR count). The molecule has 2 heterocycles. The maximum Gasteiger partial charge on any atom is 0.214 e. The van der Waals surface area contributed by atoms with Crippen LogP contribution in [0.1, 0.15) is 51.0 Å². The predicted molar refractivity (Wildman–Crippen MR) is 130 cm³/mol. The lowest BCUT2D eigenvalue weighted by molar-refractivity contribution is 0.673. The number of nitrogens with zero attached hydrogens (tertiary/aromatic N) is 6. The van der Waals surface area contributed by atoms with Crippen LogP contribution in [0.3, 0.4) is 0 Å². The highest BCUT2D eigenvalue weighted by molar-refractivity contribution is 7.93. The molecule has 0 aliphatic rings. The van der Waals surface area contributed by atoms with Gasteiger partial charge in [-0.25, -0.2) is 8.42 Å². The van der Waals surface area contributed by atoms with Gasteiger partial charge in [-0.1, -0.05) is 27.0 Å². The van der Waals surface area contributed by atoms with Crippen molar-refractivity contribution >= 4 is 19.5 Å². The fourth-order valence-electron chi connectivity index (χ4n) is 2.14. The summed E-state index contributed by atoms with van der Waals surface area (Å²) in [4.78, 5) is 8.20. The Labute approximate surface area is 189 Å². The minimum Gasteiger partial charge on any atom is -0.261 e. The van der Waals surface area contributed by atoms with E-state index >= 15 is 0 Å². The predicted octanol–water partition coefficient (Wildman–Crippen LogP) is 5.02. The first-order valence-electron chi connectivity index (χ1n) is 8.52. The molecule has 3 unspecified atom stereocenters. The molecule has 0 saturated heterocycles. The van der Waals surface area contributed by atoms with Crippen molar-refractivity contribution in [3.63, 3.8) is 0 Å². The second-order valence-electron chi connectivity index (χ2n) is 6.53. The minimum absolute atomic E-state index is 0. The summed E-state index contributed by atoms with van der Waals surface area (Å²) in [5.74, 6) is 0.272. The van der Waals surface area contributed by atoms with Gasteiger partial charge in [0, 0.05) is 37.7 Å². The number of rotatable bonds is 4. The van der Waals surface area contributed by atoms with E-state index in [0.717, 1.165) is 22.5 Å². The molecule has 0 fully saturated rings. The molecule has 3 atom stereocenters. The van der Waals surface area contributed by atoms with Gasteiger partial charge in [-0.05, 0) is 44.0 Å². The van der Waals surface area contributed by atoms with Crippen molar-refractivity contribution in [1.82, 2.24) is 9.97 Å². The van der Waals surface area contributed by atoms with Gasteiger partial charge in [0.2, 0.25) is 12.4 Å². The monoisotopic (exact) mass is 467 g/mol. The van der Waals surface area contributed by atoms with Gasteiger partial charge < -0.3 is 0 Å². The molecule has 0 N–H and O–H groups in total. The van der Waals surface area contributed by atoms with Crippen LogP contribution in [0.15, 0.2) is 45.4 Å². The smallest absolute Gasteiger partial charge is 0.214 e. The number of aromatic nitrogens is 2. The van der Waals surface area contributed by atoms with E-state index in [2.05, 4.69) is 18.7 Å². The number of aryl methyl sites for hydroxylation is 2. The molecule has 0 radical (unpaired) electrons. The maximum atomic E-state index is 12.0. The number of hydrogen-bond acceptors (Lipinski definition) is 8. The minimum atomic E-state index is -2.50. The molecule has 0 aromatic carbocycles. The normalized spacial score (nSPS) is 14.2. The van der Waals surface area contributed by atoms with Crippen molar-refractivity contribution < 1.29 is 9.84 Å². The summed E-state index contributed by atoms with van der Waals surface area (Å²) in [7, 11) is -4.93. The zero-order valence-electron chi connectivity index (χ0n) is 17.1. The lowest BCUT2D eigenvalue weighted by Crippen LogP contribution is -2.07. The SMILES string of the molecule is C.C.Cc1ccc(C(C)S(C)(=O)=NC#N)cn1.Cc1ccc(CS(C)(=O)=NC#N)cn1.[2HH]. The lowest BCUT2D eigenvalue weighted by atomic mass is 10.2. The summed E-state index contributed by atoms with van der Waals surface area (Å²) in [5, 5.41) is 16.5. The maximum absolute atomic E-state index is 12.0. The van der Waals surface area contributed by atoms with Crippen molar-refractivity contribution in [2.24, 2.45) is 8.73 Å². The quantitative estimate of drug-likeness (QED) is 0.580. The van der Waals surface area contributed by atoms with Crippen molar-refractivity contribution in [2.75, 3.05) is 12.5 Å². The summed E-state index contributed by atoms with van der Waals surface area (Å²) in [6.45, 7) is 5.56.